The number of carbonyl (C=O) groups excluding carboxylic acids is 2. The van der Waals surface area contributed by atoms with E-state index in [9.17, 15) is 9.59 Å². The molecule has 0 spiro atoms. The molecule has 4 N–H and O–H groups in total. The largest absolute Gasteiger partial charge is 0.459 e. The standard InChI is InChI=1S/C22H33N9O3/c1-22(2,3)34-20(33)15(23)11-31-13-28-16-17(26-12-27-18(16)31)30-9-5-14(6-10-30)19(32)29-21-24-7-4-8-25-21/h12-15H,4-11,23H2,1-3H3,(H2,24,25,29,32)/t15-/m0/s1. The van der Waals surface area contributed by atoms with E-state index in [4.69, 9.17) is 10.5 Å². The van der Waals surface area contributed by atoms with Gasteiger partial charge in [0, 0.05) is 32.1 Å². The first-order valence-corrected chi connectivity index (χ1v) is 11.7. The summed E-state index contributed by atoms with van der Waals surface area (Å²) in [4.78, 5) is 44.7. The van der Waals surface area contributed by atoms with Crippen LogP contribution in [-0.4, -0.2) is 75.2 Å². The number of hydrogen-bond acceptors (Lipinski definition) is 10. The summed E-state index contributed by atoms with van der Waals surface area (Å²) < 4.78 is 7.12. The highest BCUT2D eigenvalue weighted by Crippen LogP contribution is 2.27. The Morgan fingerprint density at radius 3 is 2.71 bits per heavy atom. The van der Waals surface area contributed by atoms with Gasteiger partial charge in [0.05, 0.1) is 12.9 Å². The molecule has 2 aromatic rings. The molecule has 1 saturated heterocycles. The molecule has 1 fully saturated rings. The van der Waals surface area contributed by atoms with E-state index in [-0.39, 0.29) is 18.4 Å². The number of aliphatic imine (C=N–C) groups is 1. The third kappa shape index (κ3) is 5.61. The quantitative estimate of drug-likeness (QED) is 0.518. The van der Waals surface area contributed by atoms with Crippen molar-refractivity contribution in [3.63, 3.8) is 0 Å². The number of aromatic nitrogens is 4. The first-order chi connectivity index (χ1) is 16.2. The number of ether oxygens (including phenoxy) is 1. The van der Waals surface area contributed by atoms with Gasteiger partial charge in [-0.05, 0) is 40.0 Å². The molecular weight excluding hydrogens is 438 g/mol. The normalized spacial score (nSPS) is 18.2. The Morgan fingerprint density at radius 1 is 1.26 bits per heavy atom. The lowest BCUT2D eigenvalue weighted by Crippen LogP contribution is -2.48. The molecule has 184 valence electrons. The second-order valence-electron chi connectivity index (χ2n) is 9.67. The number of amides is 1. The lowest BCUT2D eigenvalue weighted by molar-refractivity contribution is -0.156. The van der Waals surface area contributed by atoms with E-state index >= 15 is 0 Å². The summed E-state index contributed by atoms with van der Waals surface area (Å²) in [6, 6.07) is -0.840. The van der Waals surface area contributed by atoms with Gasteiger partial charge in [-0.15, -0.1) is 0 Å². The lowest BCUT2D eigenvalue weighted by atomic mass is 9.96. The first kappa shape index (κ1) is 23.9. The fraction of sp³-hybridized carbons (Fsp3) is 0.636. The number of nitrogens with two attached hydrogens (primary N) is 1. The van der Waals surface area contributed by atoms with Gasteiger partial charge in [0.25, 0.3) is 0 Å². The Hall–Kier alpha value is -3.28. The number of imidazole rings is 1. The third-order valence-electron chi connectivity index (χ3n) is 5.79. The first-order valence-electron chi connectivity index (χ1n) is 11.7. The molecule has 34 heavy (non-hydrogen) atoms. The van der Waals surface area contributed by atoms with Crippen molar-refractivity contribution in [1.82, 2.24) is 30.2 Å². The topological polar surface area (TPSA) is 153 Å². The number of carbonyl (C=O) groups is 2. The van der Waals surface area contributed by atoms with Crippen LogP contribution in [0.15, 0.2) is 17.6 Å². The van der Waals surface area contributed by atoms with Gasteiger partial charge in [-0.3, -0.25) is 19.9 Å². The van der Waals surface area contributed by atoms with Gasteiger partial charge < -0.3 is 25.3 Å². The van der Waals surface area contributed by atoms with Crippen molar-refractivity contribution in [2.24, 2.45) is 16.6 Å². The highest BCUT2D eigenvalue weighted by molar-refractivity contribution is 5.98. The van der Waals surface area contributed by atoms with Crippen LogP contribution >= 0.6 is 0 Å². The number of nitrogens with zero attached hydrogens (tertiary/aromatic N) is 6. The molecule has 1 amide bonds. The zero-order valence-corrected chi connectivity index (χ0v) is 20.0. The molecule has 0 bridgehead atoms. The van der Waals surface area contributed by atoms with Gasteiger partial charge in [-0.25, -0.2) is 15.0 Å². The van der Waals surface area contributed by atoms with E-state index in [2.05, 4.69) is 35.5 Å². The van der Waals surface area contributed by atoms with E-state index < -0.39 is 17.6 Å². The maximum absolute atomic E-state index is 12.6. The van der Waals surface area contributed by atoms with Crippen molar-refractivity contribution in [2.75, 3.05) is 31.1 Å². The monoisotopic (exact) mass is 471 g/mol. The van der Waals surface area contributed by atoms with Gasteiger partial charge in [0.2, 0.25) is 5.91 Å². The average Bonchev–Trinajstić information content (AvgIpc) is 3.21. The minimum Gasteiger partial charge on any atom is -0.459 e. The maximum Gasteiger partial charge on any atom is 0.325 e. The minimum absolute atomic E-state index is 0.000966. The van der Waals surface area contributed by atoms with Crippen molar-refractivity contribution < 1.29 is 14.3 Å². The zero-order valence-electron chi connectivity index (χ0n) is 20.0. The highest BCUT2D eigenvalue weighted by Gasteiger charge is 2.29. The number of esters is 1. The maximum atomic E-state index is 12.6. The smallest absolute Gasteiger partial charge is 0.325 e. The molecule has 0 aromatic carbocycles. The van der Waals surface area contributed by atoms with Crippen LogP contribution in [0.2, 0.25) is 0 Å². The fourth-order valence-corrected chi connectivity index (χ4v) is 4.09. The number of anilines is 1. The molecular formula is C22H33N9O3. The zero-order chi connectivity index (χ0) is 24.3. The number of nitrogens with one attached hydrogen (secondary N) is 2. The van der Waals surface area contributed by atoms with Gasteiger partial charge in [0.1, 0.15) is 18.0 Å². The van der Waals surface area contributed by atoms with Crippen LogP contribution in [-0.2, 0) is 20.9 Å². The predicted molar refractivity (Wildman–Crippen MR) is 127 cm³/mol. The molecule has 4 rings (SSSR count). The molecule has 2 aliphatic heterocycles. The Kier molecular flexibility index (Phi) is 6.96. The van der Waals surface area contributed by atoms with Crippen molar-refractivity contribution in [1.29, 1.82) is 0 Å². The van der Waals surface area contributed by atoms with Crippen LogP contribution in [0.25, 0.3) is 11.2 Å². The molecule has 0 saturated carbocycles. The molecule has 12 nitrogen and oxygen atoms in total. The van der Waals surface area contributed by atoms with Crippen LogP contribution in [0.3, 0.4) is 0 Å². The summed E-state index contributed by atoms with van der Waals surface area (Å²) in [5, 5.41) is 6.03. The van der Waals surface area contributed by atoms with Crippen molar-refractivity contribution >= 4 is 34.8 Å². The molecule has 0 aliphatic carbocycles. The van der Waals surface area contributed by atoms with E-state index in [0.29, 0.717) is 48.9 Å². The Balaban J connectivity index is 1.39. The Labute approximate surface area is 198 Å². The van der Waals surface area contributed by atoms with Crippen molar-refractivity contribution in [2.45, 2.75) is 58.2 Å². The fourth-order valence-electron chi connectivity index (χ4n) is 4.09. The summed E-state index contributed by atoms with van der Waals surface area (Å²) in [7, 11) is 0. The average molecular weight is 472 g/mol. The number of hydrogen-bond donors (Lipinski definition) is 3. The molecule has 12 heteroatoms. The van der Waals surface area contributed by atoms with Gasteiger partial charge in [0.15, 0.2) is 22.9 Å². The molecule has 0 unspecified atom stereocenters. The minimum atomic E-state index is -0.840. The van der Waals surface area contributed by atoms with Crippen LogP contribution in [0.1, 0.15) is 40.0 Å². The van der Waals surface area contributed by atoms with Crippen molar-refractivity contribution in [3.05, 3.63) is 12.7 Å². The Bertz CT molecular complexity index is 1070. The highest BCUT2D eigenvalue weighted by atomic mass is 16.6. The molecule has 2 aliphatic rings. The Morgan fingerprint density at radius 2 is 2.03 bits per heavy atom. The van der Waals surface area contributed by atoms with E-state index in [1.165, 1.54) is 6.33 Å². The van der Waals surface area contributed by atoms with Crippen LogP contribution in [0.4, 0.5) is 5.82 Å². The van der Waals surface area contributed by atoms with Gasteiger partial charge in [-0.2, -0.15) is 0 Å². The molecule has 1 atom stereocenters. The summed E-state index contributed by atoms with van der Waals surface area (Å²) in [5.41, 5.74) is 6.71. The van der Waals surface area contributed by atoms with E-state index in [0.717, 1.165) is 19.5 Å². The number of piperidine rings is 1. The number of rotatable bonds is 5. The molecule has 0 radical (unpaired) electrons. The van der Waals surface area contributed by atoms with E-state index in [1.807, 2.05) is 0 Å². The SMILES string of the molecule is CC(C)(C)OC(=O)[C@@H](N)Cn1cnc2c(N3CCC(C(=O)NC4=NCCCN4)CC3)ncnc21. The van der Waals surface area contributed by atoms with Crippen LogP contribution < -0.4 is 21.3 Å². The lowest BCUT2D eigenvalue weighted by Gasteiger charge is -2.32. The van der Waals surface area contributed by atoms with E-state index in [1.54, 1.807) is 31.7 Å². The molecule has 4 heterocycles. The van der Waals surface area contributed by atoms with Gasteiger partial charge in [-0.1, -0.05) is 0 Å². The predicted octanol–water partition coefficient (Wildman–Crippen LogP) is 0.177. The summed E-state index contributed by atoms with van der Waals surface area (Å²) in [6.07, 6.45) is 5.49. The second-order valence-corrected chi connectivity index (χ2v) is 9.67. The third-order valence-corrected chi connectivity index (χ3v) is 5.79. The van der Waals surface area contributed by atoms with Crippen LogP contribution in [0.5, 0.6) is 0 Å². The summed E-state index contributed by atoms with van der Waals surface area (Å²) in [5.74, 6) is 0.738. The molecule has 2 aromatic heterocycles. The summed E-state index contributed by atoms with van der Waals surface area (Å²) in [6.45, 7) is 8.52. The number of fused-ring (bicyclic) bond motifs is 1. The van der Waals surface area contributed by atoms with Crippen molar-refractivity contribution in [3.8, 4) is 0 Å². The second kappa shape index (κ2) is 9.92. The van der Waals surface area contributed by atoms with Gasteiger partial charge >= 0.3 is 5.97 Å². The summed E-state index contributed by atoms with van der Waals surface area (Å²) >= 11 is 0. The van der Waals surface area contributed by atoms with Crippen LogP contribution in [0, 0.1) is 5.92 Å². The number of guanidine groups is 1.